The highest BCUT2D eigenvalue weighted by molar-refractivity contribution is 5.17. The van der Waals surface area contributed by atoms with Crippen molar-refractivity contribution in [3.8, 4) is 0 Å². The Kier molecular flexibility index (Phi) is 2.37. The molecule has 72 valence electrons. The number of nitrogens with one attached hydrogen (secondary N) is 1. The van der Waals surface area contributed by atoms with Crippen LogP contribution in [-0.4, -0.2) is 15.1 Å². The molecule has 1 aromatic heterocycles. The number of aromatic amines is 1. The number of hydrogen-bond donors (Lipinski definition) is 2. The van der Waals surface area contributed by atoms with Crippen molar-refractivity contribution in [1.82, 2.24) is 9.97 Å². The maximum atomic E-state index is 12.1. The fraction of sp³-hybridized carbons (Fsp3) is 0.333. The van der Waals surface area contributed by atoms with E-state index in [1.54, 1.807) is 0 Å². The van der Waals surface area contributed by atoms with Gasteiger partial charge in [-0.2, -0.15) is 13.2 Å². The molecule has 0 aliphatic carbocycles. The second kappa shape index (κ2) is 3.17. The van der Waals surface area contributed by atoms with Gasteiger partial charge in [0.2, 0.25) is 0 Å². The number of rotatable bonds is 1. The van der Waals surface area contributed by atoms with Gasteiger partial charge in [-0.3, -0.25) is 4.79 Å². The summed E-state index contributed by atoms with van der Waals surface area (Å²) in [5, 5.41) is 8.50. The van der Waals surface area contributed by atoms with Crippen LogP contribution in [-0.2, 0) is 12.8 Å². The number of H-pyrrole nitrogens is 1. The van der Waals surface area contributed by atoms with Crippen molar-refractivity contribution < 1.29 is 18.3 Å². The van der Waals surface area contributed by atoms with Gasteiger partial charge in [-0.1, -0.05) is 0 Å². The molecule has 0 saturated carbocycles. The summed E-state index contributed by atoms with van der Waals surface area (Å²) in [6, 6.07) is 0. The summed E-state index contributed by atoms with van der Waals surface area (Å²) in [5.74, 6) is 0. The summed E-state index contributed by atoms with van der Waals surface area (Å²) >= 11 is 0. The molecule has 0 aliphatic heterocycles. The molecule has 0 saturated heterocycles. The van der Waals surface area contributed by atoms with Gasteiger partial charge in [0.05, 0.1) is 18.5 Å². The summed E-state index contributed by atoms with van der Waals surface area (Å²) in [7, 11) is 0. The largest absolute Gasteiger partial charge is 0.433 e. The first kappa shape index (κ1) is 9.72. The van der Waals surface area contributed by atoms with Crippen molar-refractivity contribution in [3.05, 3.63) is 27.9 Å². The topological polar surface area (TPSA) is 66.0 Å². The zero-order chi connectivity index (χ0) is 10.1. The van der Waals surface area contributed by atoms with E-state index in [0.717, 1.165) is 0 Å². The number of hydrogen-bond acceptors (Lipinski definition) is 3. The lowest BCUT2D eigenvalue weighted by atomic mass is 10.2. The van der Waals surface area contributed by atoms with E-state index in [2.05, 4.69) is 4.98 Å². The van der Waals surface area contributed by atoms with Crippen molar-refractivity contribution in [2.24, 2.45) is 0 Å². The minimum atomic E-state index is -4.72. The van der Waals surface area contributed by atoms with Gasteiger partial charge in [-0.05, 0) is 0 Å². The Morgan fingerprint density at radius 3 is 2.54 bits per heavy atom. The van der Waals surface area contributed by atoms with Crippen LogP contribution in [0.3, 0.4) is 0 Å². The molecular weight excluding hydrogens is 189 g/mol. The monoisotopic (exact) mass is 194 g/mol. The van der Waals surface area contributed by atoms with Crippen LogP contribution < -0.4 is 5.56 Å². The van der Waals surface area contributed by atoms with E-state index in [1.807, 2.05) is 4.98 Å². The van der Waals surface area contributed by atoms with Crippen LogP contribution in [0.2, 0.25) is 0 Å². The molecule has 0 spiro atoms. The molecule has 0 amide bonds. The second-order valence-electron chi connectivity index (χ2n) is 2.21. The van der Waals surface area contributed by atoms with Crippen molar-refractivity contribution in [2.45, 2.75) is 12.8 Å². The number of nitrogens with zero attached hydrogens (tertiary/aromatic N) is 1. The van der Waals surface area contributed by atoms with Gasteiger partial charge >= 0.3 is 6.18 Å². The van der Waals surface area contributed by atoms with Crippen molar-refractivity contribution in [3.63, 3.8) is 0 Å². The predicted octanol–water partition coefficient (Wildman–Crippen LogP) is 0.281. The highest BCUT2D eigenvalue weighted by Crippen LogP contribution is 2.28. The fourth-order valence-electron chi connectivity index (χ4n) is 0.819. The van der Waals surface area contributed by atoms with Gasteiger partial charge in [-0.25, -0.2) is 4.98 Å². The van der Waals surface area contributed by atoms with Crippen LogP contribution in [0.5, 0.6) is 0 Å². The minimum Gasteiger partial charge on any atom is -0.391 e. The van der Waals surface area contributed by atoms with Crippen molar-refractivity contribution in [1.29, 1.82) is 0 Å². The standard InChI is InChI=1S/C6H5F3N2O2/c7-6(8,9)4-3(1-12)5(13)11-2-10-4/h2,12H,1H2,(H,10,11,13). The zero-order valence-electron chi connectivity index (χ0n) is 6.22. The van der Waals surface area contributed by atoms with E-state index >= 15 is 0 Å². The van der Waals surface area contributed by atoms with Crippen molar-refractivity contribution in [2.75, 3.05) is 0 Å². The van der Waals surface area contributed by atoms with E-state index in [0.29, 0.717) is 6.33 Å². The minimum absolute atomic E-state index is 0.643. The lowest BCUT2D eigenvalue weighted by Crippen LogP contribution is -2.22. The number of aromatic nitrogens is 2. The molecule has 4 nitrogen and oxygen atoms in total. The fourth-order valence-corrected chi connectivity index (χ4v) is 0.819. The molecule has 0 radical (unpaired) electrons. The number of aliphatic hydroxyl groups excluding tert-OH is 1. The summed E-state index contributed by atoms with van der Waals surface area (Å²) < 4.78 is 36.3. The van der Waals surface area contributed by atoms with Gasteiger partial charge in [0.25, 0.3) is 5.56 Å². The maximum absolute atomic E-state index is 12.1. The van der Waals surface area contributed by atoms with E-state index in [4.69, 9.17) is 5.11 Å². The molecule has 0 atom stereocenters. The first-order valence-corrected chi connectivity index (χ1v) is 3.21. The third kappa shape index (κ3) is 1.86. The first-order valence-electron chi connectivity index (χ1n) is 3.21. The molecule has 7 heteroatoms. The van der Waals surface area contributed by atoms with E-state index in [9.17, 15) is 18.0 Å². The Balaban J connectivity index is 3.38. The molecule has 0 unspecified atom stereocenters. The maximum Gasteiger partial charge on any atom is 0.433 e. The molecule has 1 heterocycles. The SMILES string of the molecule is O=c1[nH]cnc(C(F)(F)F)c1CO. The molecule has 1 rings (SSSR count). The Bertz CT molecular complexity index is 358. The highest BCUT2D eigenvalue weighted by Gasteiger charge is 2.36. The van der Waals surface area contributed by atoms with Gasteiger partial charge in [0.15, 0.2) is 5.69 Å². The molecule has 0 fully saturated rings. The van der Waals surface area contributed by atoms with Crippen molar-refractivity contribution >= 4 is 0 Å². The lowest BCUT2D eigenvalue weighted by Gasteiger charge is -2.07. The van der Waals surface area contributed by atoms with Crippen LogP contribution in [0.15, 0.2) is 11.1 Å². The normalized spacial score (nSPS) is 11.7. The molecular formula is C6H5F3N2O2. The van der Waals surface area contributed by atoms with E-state index in [-0.39, 0.29) is 0 Å². The van der Waals surface area contributed by atoms with E-state index in [1.165, 1.54) is 0 Å². The number of halogens is 3. The smallest absolute Gasteiger partial charge is 0.391 e. The Morgan fingerprint density at radius 2 is 2.15 bits per heavy atom. The molecule has 0 aromatic carbocycles. The zero-order valence-corrected chi connectivity index (χ0v) is 6.22. The van der Waals surface area contributed by atoms with Gasteiger partial charge < -0.3 is 10.1 Å². The molecule has 0 aliphatic rings. The van der Waals surface area contributed by atoms with Crippen LogP contribution in [0.1, 0.15) is 11.3 Å². The number of aliphatic hydroxyl groups is 1. The van der Waals surface area contributed by atoms with Crippen LogP contribution in [0.25, 0.3) is 0 Å². The third-order valence-corrected chi connectivity index (χ3v) is 1.38. The molecule has 1 aromatic rings. The highest BCUT2D eigenvalue weighted by atomic mass is 19.4. The Hall–Kier alpha value is -1.37. The molecule has 2 N–H and O–H groups in total. The van der Waals surface area contributed by atoms with Crippen LogP contribution in [0.4, 0.5) is 13.2 Å². The number of alkyl halides is 3. The average molecular weight is 194 g/mol. The summed E-state index contributed by atoms with van der Waals surface area (Å²) in [4.78, 5) is 15.6. The van der Waals surface area contributed by atoms with Crippen LogP contribution >= 0.6 is 0 Å². The van der Waals surface area contributed by atoms with Gasteiger partial charge in [0, 0.05) is 0 Å². The second-order valence-corrected chi connectivity index (χ2v) is 2.21. The summed E-state index contributed by atoms with van der Waals surface area (Å²) in [6.07, 6.45) is -4.07. The summed E-state index contributed by atoms with van der Waals surface area (Å²) in [6.45, 7) is -0.988. The Morgan fingerprint density at radius 1 is 1.54 bits per heavy atom. The van der Waals surface area contributed by atoms with E-state index < -0.39 is 29.6 Å². The predicted molar refractivity (Wildman–Crippen MR) is 35.8 cm³/mol. The quantitative estimate of drug-likeness (QED) is 0.674. The Labute approximate surface area is 70.1 Å². The average Bonchev–Trinajstić information content (AvgIpc) is 2.02. The molecule has 0 bridgehead atoms. The van der Waals surface area contributed by atoms with Gasteiger partial charge in [0.1, 0.15) is 0 Å². The lowest BCUT2D eigenvalue weighted by molar-refractivity contribution is -0.142. The summed E-state index contributed by atoms with van der Waals surface area (Å²) in [5.41, 5.74) is -3.10. The van der Waals surface area contributed by atoms with Crippen LogP contribution in [0, 0.1) is 0 Å². The molecule has 13 heavy (non-hydrogen) atoms. The first-order chi connectivity index (χ1) is 5.96. The third-order valence-electron chi connectivity index (χ3n) is 1.38. The van der Waals surface area contributed by atoms with Gasteiger partial charge in [-0.15, -0.1) is 0 Å².